The monoisotopic (exact) mass is 536 g/mol. The van der Waals surface area contributed by atoms with Gasteiger partial charge in [-0.1, -0.05) is 0 Å². The molecule has 0 radical (unpaired) electrons. The number of rotatable bonds is 7. The van der Waals surface area contributed by atoms with Gasteiger partial charge in [-0.3, -0.25) is 19.4 Å². The summed E-state index contributed by atoms with van der Waals surface area (Å²) in [5.41, 5.74) is 2.03. The summed E-state index contributed by atoms with van der Waals surface area (Å²) in [6.45, 7) is 10.5. The van der Waals surface area contributed by atoms with E-state index in [4.69, 9.17) is 4.74 Å². The molecular formula is C26H32N8O3S. The second-order valence-electron chi connectivity index (χ2n) is 10.2. The van der Waals surface area contributed by atoms with Gasteiger partial charge >= 0.3 is 6.09 Å². The average Bonchev–Trinajstić information content (AvgIpc) is 3.65. The number of imidazole rings is 1. The van der Waals surface area contributed by atoms with Crippen LogP contribution in [0.25, 0.3) is 16.1 Å². The minimum absolute atomic E-state index is 0.133. The van der Waals surface area contributed by atoms with Crippen LogP contribution in [0.2, 0.25) is 0 Å². The summed E-state index contributed by atoms with van der Waals surface area (Å²) >= 11 is 1.44. The van der Waals surface area contributed by atoms with Gasteiger partial charge in [0.05, 0.1) is 36.1 Å². The number of carbonyl (C=O) groups excluding carboxylic acids is 2. The number of nitrogens with zero attached hydrogens (tertiary/aromatic N) is 7. The van der Waals surface area contributed by atoms with Crippen molar-refractivity contribution in [1.29, 1.82) is 0 Å². The van der Waals surface area contributed by atoms with E-state index in [0.29, 0.717) is 24.5 Å². The van der Waals surface area contributed by atoms with Gasteiger partial charge in [0.15, 0.2) is 5.65 Å². The minimum atomic E-state index is -0.479. The van der Waals surface area contributed by atoms with Crippen LogP contribution in [-0.2, 0) is 17.8 Å². The molecular weight excluding hydrogens is 504 g/mol. The SMILES string of the molecule is CC(C)(C)OC(=O)N1CCN(CCn2cc(-c3ccc(C(=O)NCc4cn5ccnc5cn4)s3)cn2)CC1. The maximum absolute atomic E-state index is 12.7. The second kappa shape index (κ2) is 10.9. The van der Waals surface area contributed by atoms with E-state index in [-0.39, 0.29) is 12.0 Å². The molecule has 0 atom stereocenters. The van der Waals surface area contributed by atoms with Gasteiger partial charge in [-0.15, -0.1) is 11.3 Å². The van der Waals surface area contributed by atoms with Gasteiger partial charge in [-0.25, -0.2) is 9.78 Å². The van der Waals surface area contributed by atoms with Crippen LogP contribution in [0.15, 0.2) is 49.3 Å². The molecule has 1 aliphatic heterocycles. The molecule has 1 aliphatic rings. The van der Waals surface area contributed by atoms with Crippen molar-refractivity contribution in [1.82, 2.24) is 39.3 Å². The summed E-state index contributed by atoms with van der Waals surface area (Å²) in [5.74, 6) is -0.133. The Labute approximate surface area is 225 Å². The number of thiophene rings is 1. The molecule has 11 nitrogen and oxygen atoms in total. The van der Waals surface area contributed by atoms with Gasteiger partial charge in [0.2, 0.25) is 0 Å². The molecule has 1 saturated heterocycles. The predicted molar refractivity (Wildman–Crippen MR) is 144 cm³/mol. The first kappa shape index (κ1) is 25.9. The topological polar surface area (TPSA) is 110 Å². The molecule has 0 saturated carbocycles. The summed E-state index contributed by atoms with van der Waals surface area (Å²) < 4.78 is 9.27. The third kappa shape index (κ3) is 6.37. The first-order valence-corrected chi connectivity index (χ1v) is 13.4. The molecule has 1 N–H and O–H groups in total. The highest BCUT2D eigenvalue weighted by Gasteiger charge is 2.25. The zero-order valence-corrected chi connectivity index (χ0v) is 22.6. The summed E-state index contributed by atoms with van der Waals surface area (Å²) in [5, 5.41) is 7.44. The van der Waals surface area contributed by atoms with E-state index < -0.39 is 5.60 Å². The number of hydrogen-bond acceptors (Lipinski definition) is 8. The van der Waals surface area contributed by atoms with Crippen LogP contribution in [-0.4, -0.2) is 84.3 Å². The van der Waals surface area contributed by atoms with Crippen molar-refractivity contribution >= 4 is 29.0 Å². The molecule has 0 aliphatic carbocycles. The molecule has 4 aromatic heterocycles. The lowest BCUT2D eigenvalue weighted by Gasteiger charge is -2.35. The number of ether oxygens (including phenoxy) is 1. The van der Waals surface area contributed by atoms with Crippen LogP contribution >= 0.6 is 11.3 Å². The number of nitrogens with one attached hydrogen (secondary N) is 1. The van der Waals surface area contributed by atoms with E-state index >= 15 is 0 Å². The third-order valence-electron chi connectivity index (χ3n) is 6.18. The predicted octanol–water partition coefficient (Wildman–Crippen LogP) is 3.14. The van der Waals surface area contributed by atoms with Crippen LogP contribution < -0.4 is 5.32 Å². The second-order valence-corrected chi connectivity index (χ2v) is 11.3. The fourth-order valence-corrected chi connectivity index (χ4v) is 5.07. The van der Waals surface area contributed by atoms with Gasteiger partial charge in [-0.2, -0.15) is 5.10 Å². The maximum Gasteiger partial charge on any atom is 0.410 e. The van der Waals surface area contributed by atoms with Gasteiger partial charge in [-0.05, 0) is 32.9 Å². The Hall–Kier alpha value is -3.77. The van der Waals surface area contributed by atoms with Gasteiger partial charge in [0.25, 0.3) is 5.91 Å². The van der Waals surface area contributed by atoms with Crippen LogP contribution in [0, 0.1) is 0 Å². The summed E-state index contributed by atoms with van der Waals surface area (Å²) in [4.78, 5) is 39.2. The molecule has 1 fully saturated rings. The third-order valence-corrected chi connectivity index (χ3v) is 7.31. The molecule has 5 heterocycles. The average molecular weight is 537 g/mol. The Balaban J connectivity index is 1.09. The fraction of sp³-hybridized carbons (Fsp3) is 0.423. The number of carbonyl (C=O) groups is 2. The number of hydrogen-bond donors (Lipinski definition) is 1. The van der Waals surface area contributed by atoms with Crippen molar-refractivity contribution in [2.75, 3.05) is 32.7 Å². The lowest BCUT2D eigenvalue weighted by Crippen LogP contribution is -2.50. The van der Waals surface area contributed by atoms with Crippen molar-refractivity contribution in [3.05, 3.63) is 59.9 Å². The van der Waals surface area contributed by atoms with Crippen molar-refractivity contribution in [2.45, 2.75) is 39.5 Å². The molecule has 2 amide bonds. The Morgan fingerprint density at radius 2 is 1.87 bits per heavy atom. The van der Waals surface area contributed by atoms with Crippen LogP contribution in [0.1, 0.15) is 36.1 Å². The first-order valence-electron chi connectivity index (χ1n) is 12.6. The van der Waals surface area contributed by atoms with E-state index in [1.165, 1.54) is 11.3 Å². The van der Waals surface area contributed by atoms with E-state index in [1.807, 2.05) is 66.8 Å². The van der Waals surface area contributed by atoms with E-state index in [1.54, 1.807) is 17.3 Å². The molecule has 0 bridgehead atoms. The highest BCUT2D eigenvalue weighted by atomic mass is 32.1. The van der Waals surface area contributed by atoms with Crippen molar-refractivity contribution in [3.63, 3.8) is 0 Å². The summed E-state index contributed by atoms with van der Waals surface area (Å²) in [7, 11) is 0. The van der Waals surface area contributed by atoms with E-state index in [2.05, 4.69) is 25.3 Å². The molecule has 12 heteroatoms. The first-order chi connectivity index (χ1) is 18.2. The number of amides is 2. The van der Waals surface area contributed by atoms with Gasteiger partial charge < -0.3 is 19.4 Å². The molecule has 0 aromatic carbocycles. The van der Waals surface area contributed by atoms with Gasteiger partial charge in [0.1, 0.15) is 5.60 Å². The Kier molecular flexibility index (Phi) is 7.43. The quantitative estimate of drug-likeness (QED) is 0.386. The maximum atomic E-state index is 12.7. The Bertz CT molecular complexity index is 1410. The van der Waals surface area contributed by atoms with Crippen molar-refractivity contribution < 1.29 is 14.3 Å². The lowest BCUT2D eigenvalue weighted by molar-refractivity contribution is 0.0142. The molecule has 0 unspecified atom stereocenters. The van der Waals surface area contributed by atoms with Crippen molar-refractivity contribution in [3.8, 4) is 10.4 Å². The van der Waals surface area contributed by atoms with Crippen LogP contribution in [0.3, 0.4) is 0 Å². The van der Waals surface area contributed by atoms with E-state index in [0.717, 1.165) is 48.0 Å². The molecule has 0 spiro atoms. The molecule has 200 valence electrons. The zero-order chi connectivity index (χ0) is 26.7. The molecule has 4 aromatic rings. The highest BCUT2D eigenvalue weighted by molar-refractivity contribution is 7.17. The number of piperazine rings is 1. The minimum Gasteiger partial charge on any atom is -0.444 e. The lowest BCUT2D eigenvalue weighted by atomic mass is 10.2. The highest BCUT2D eigenvalue weighted by Crippen LogP contribution is 2.27. The number of aromatic nitrogens is 5. The molecule has 5 rings (SSSR count). The largest absolute Gasteiger partial charge is 0.444 e. The van der Waals surface area contributed by atoms with E-state index in [9.17, 15) is 9.59 Å². The smallest absolute Gasteiger partial charge is 0.410 e. The molecule has 38 heavy (non-hydrogen) atoms. The zero-order valence-electron chi connectivity index (χ0n) is 21.8. The Morgan fingerprint density at radius 3 is 2.66 bits per heavy atom. The normalized spacial score (nSPS) is 14.7. The number of fused-ring (bicyclic) bond motifs is 1. The summed E-state index contributed by atoms with van der Waals surface area (Å²) in [6, 6.07) is 3.79. The summed E-state index contributed by atoms with van der Waals surface area (Å²) in [6.07, 6.45) is 10.7. The van der Waals surface area contributed by atoms with Crippen molar-refractivity contribution in [2.24, 2.45) is 0 Å². The van der Waals surface area contributed by atoms with Crippen LogP contribution in [0.4, 0.5) is 4.79 Å². The Morgan fingerprint density at radius 1 is 1.05 bits per heavy atom. The van der Waals surface area contributed by atoms with Crippen LogP contribution in [0.5, 0.6) is 0 Å². The standard InChI is InChI=1S/C26H32N8O3S/c1-26(2,3)37-25(36)32-11-8-31(9-12-32)10-13-34-17-19(14-30-34)21-4-5-22(38-21)24(35)29-15-20-18-33-7-6-27-23(33)16-28-20/h4-7,14,16-18H,8-13,15H2,1-3H3,(H,29,35). The van der Waals surface area contributed by atoms with Gasteiger partial charge in [0, 0.05) is 68.0 Å². The fourth-order valence-electron chi connectivity index (χ4n) is 4.17.